The number of rotatable bonds is 7. The van der Waals surface area contributed by atoms with E-state index in [-0.39, 0.29) is 23.1 Å². The Kier molecular flexibility index (Phi) is 6.81. The molecule has 0 aliphatic carbocycles. The van der Waals surface area contributed by atoms with E-state index in [0.29, 0.717) is 25.3 Å². The lowest BCUT2D eigenvalue weighted by Crippen LogP contribution is -2.30. The Labute approximate surface area is 184 Å². The number of carbonyl (C=O) groups is 2. The average Bonchev–Trinajstić information content (AvgIpc) is 3.13. The van der Waals surface area contributed by atoms with E-state index in [1.165, 1.54) is 16.4 Å². The monoisotopic (exact) mass is 443 g/mol. The van der Waals surface area contributed by atoms with Crippen LogP contribution in [0.15, 0.2) is 47.4 Å². The summed E-state index contributed by atoms with van der Waals surface area (Å²) < 4.78 is 26.6. The molecule has 166 valence electrons. The maximum absolute atomic E-state index is 12.7. The van der Waals surface area contributed by atoms with Crippen molar-refractivity contribution in [2.75, 3.05) is 29.9 Å². The van der Waals surface area contributed by atoms with Gasteiger partial charge in [0.25, 0.3) is 0 Å². The van der Waals surface area contributed by atoms with E-state index >= 15 is 0 Å². The first kappa shape index (κ1) is 23.0. The van der Waals surface area contributed by atoms with Crippen LogP contribution in [0.3, 0.4) is 0 Å². The summed E-state index contributed by atoms with van der Waals surface area (Å²) in [6.45, 7) is 8.70. The highest BCUT2D eigenvalue weighted by atomic mass is 32.2. The Bertz CT molecular complexity index is 1080. The van der Waals surface area contributed by atoms with Gasteiger partial charge in [-0.25, -0.2) is 8.42 Å². The predicted octanol–water partition coefficient (Wildman–Crippen LogP) is 3.33. The van der Waals surface area contributed by atoms with Crippen LogP contribution in [0.25, 0.3) is 0 Å². The van der Waals surface area contributed by atoms with Gasteiger partial charge in [0.1, 0.15) is 0 Å². The number of sulfonamides is 1. The van der Waals surface area contributed by atoms with Crippen molar-refractivity contribution in [3.63, 3.8) is 0 Å². The van der Waals surface area contributed by atoms with Crippen molar-refractivity contribution in [2.45, 2.75) is 39.0 Å². The highest BCUT2D eigenvalue weighted by molar-refractivity contribution is 7.89. The minimum Gasteiger partial charge on any atom is -0.326 e. The van der Waals surface area contributed by atoms with Gasteiger partial charge in [-0.15, -0.1) is 0 Å². The number of nitrogens with one attached hydrogen (secondary N) is 1. The summed E-state index contributed by atoms with van der Waals surface area (Å²) in [5.74, 6) is -0.795. The van der Waals surface area contributed by atoms with Crippen LogP contribution in [0.2, 0.25) is 0 Å². The molecule has 1 heterocycles. The van der Waals surface area contributed by atoms with E-state index in [0.717, 1.165) is 16.8 Å². The highest BCUT2D eigenvalue weighted by Crippen LogP contribution is 2.28. The molecule has 2 amide bonds. The predicted molar refractivity (Wildman–Crippen MR) is 122 cm³/mol. The zero-order chi connectivity index (χ0) is 22.8. The first-order chi connectivity index (χ1) is 14.7. The number of aryl methyl sites for hydroxylation is 2. The molecule has 0 saturated carbocycles. The number of nitrogens with zero attached hydrogens (tertiary/aromatic N) is 2. The van der Waals surface area contributed by atoms with Gasteiger partial charge < -0.3 is 10.2 Å². The molecule has 3 rings (SSSR count). The average molecular weight is 444 g/mol. The Morgan fingerprint density at radius 3 is 2.29 bits per heavy atom. The van der Waals surface area contributed by atoms with Crippen molar-refractivity contribution < 1.29 is 18.0 Å². The molecular weight excluding hydrogens is 414 g/mol. The fraction of sp³-hybridized carbons (Fsp3) is 0.391. The normalized spacial score (nSPS) is 16.7. The van der Waals surface area contributed by atoms with Crippen molar-refractivity contribution in [2.24, 2.45) is 5.92 Å². The van der Waals surface area contributed by atoms with Gasteiger partial charge in [-0.1, -0.05) is 19.9 Å². The van der Waals surface area contributed by atoms with Gasteiger partial charge in [0, 0.05) is 37.4 Å². The molecule has 31 heavy (non-hydrogen) atoms. The highest BCUT2D eigenvalue weighted by Gasteiger charge is 2.35. The first-order valence-corrected chi connectivity index (χ1v) is 11.9. The summed E-state index contributed by atoms with van der Waals surface area (Å²) in [5, 5.41) is 2.81. The van der Waals surface area contributed by atoms with Crippen LogP contribution >= 0.6 is 0 Å². The van der Waals surface area contributed by atoms with Crippen LogP contribution in [0.5, 0.6) is 0 Å². The largest absolute Gasteiger partial charge is 0.326 e. The van der Waals surface area contributed by atoms with Crippen LogP contribution in [-0.4, -0.2) is 44.2 Å². The molecule has 0 bridgehead atoms. The Morgan fingerprint density at radius 1 is 1.06 bits per heavy atom. The van der Waals surface area contributed by atoms with E-state index < -0.39 is 15.9 Å². The topological polar surface area (TPSA) is 86.8 Å². The first-order valence-electron chi connectivity index (χ1n) is 10.5. The van der Waals surface area contributed by atoms with Crippen molar-refractivity contribution in [1.29, 1.82) is 0 Å². The molecule has 1 aliphatic heterocycles. The maximum Gasteiger partial charge on any atom is 0.243 e. The molecular formula is C23H29N3O4S. The van der Waals surface area contributed by atoms with Gasteiger partial charge in [0.2, 0.25) is 21.8 Å². The summed E-state index contributed by atoms with van der Waals surface area (Å²) >= 11 is 0. The van der Waals surface area contributed by atoms with Gasteiger partial charge in [-0.3, -0.25) is 9.59 Å². The molecule has 0 radical (unpaired) electrons. The minimum atomic E-state index is -3.54. The maximum atomic E-state index is 12.7. The molecule has 7 nitrogen and oxygen atoms in total. The smallest absolute Gasteiger partial charge is 0.243 e. The molecule has 1 saturated heterocycles. The molecule has 2 aromatic carbocycles. The van der Waals surface area contributed by atoms with Crippen LogP contribution in [-0.2, 0) is 19.6 Å². The van der Waals surface area contributed by atoms with Crippen molar-refractivity contribution in [1.82, 2.24) is 4.31 Å². The second-order valence-electron chi connectivity index (χ2n) is 7.78. The van der Waals surface area contributed by atoms with Gasteiger partial charge >= 0.3 is 0 Å². The molecule has 1 fully saturated rings. The third-order valence-electron chi connectivity index (χ3n) is 5.76. The van der Waals surface area contributed by atoms with E-state index in [1.54, 1.807) is 30.9 Å². The van der Waals surface area contributed by atoms with Crippen LogP contribution in [0.1, 0.15) is 31.4 Å². The number of benzene rings is 2. The van der Waals surface area contributed by atoms with Gasteiger partial charge in [-0.2, -0.15) is 4.31 Å². The van der Waals surface area contributed by atoms with Crippen molar-refractivity contribution >= 4 is 33.2 Å². The minimum absolute atomic E-state index is 0.0796. The summed E-state index contributed by atoms with van der Waals surface area (Å²) in [6.07, 6.45) is 0.146. The second kappa shape index (κ2) is 9.20. The lowest BCUT2D eigenvalue weighted by Gasteiger charge is -2.19. The molecule has 8 heteroatoms. The fourth-order valence-electron chi connectivity index (χ4n) is 3.69. The van der Waals surface area contributed by atoms with Crippen LogP contribution in [0, 0.1) is 19.8 Å². The molecule has 0 spiro atoms. The SMILES string of the molecule is CCN(CC)S(=O)(=O)c1ccc(NC(=O)C2CC(=O)N(c3ccc(C)c(C)c3)C2)cc1. The van der Waals surface area contributed by atoms with Crippen LogP contribution in [0.4, 0.5) is 11.4 Å². The molecule has 0 aromatic heterocycles. The molecule has 1 atom stereocenters. The lowest BCUT2D eigenvalue weighted by atomic mass is 10.1. The van der Waals surface area contributed by atoms with Gasteiger partial charge in [-0.05, 0) is 61.4 Å². The Hall–Kier alpha value is -2.71. The zero-order valence-corrected chi connectivity index (χ0v) is 19.2. The van der Waals surface area contributed by atoms with E-state index in [1.807, 2.05) is 32.0 Å². The Morgan fingerprint density at radius 2 is 1.71 bits per heavy atom. The number of carbonyl (C=O) groups excluding carboxylic acids is 2. The summed E-state index contributed by atoms with van der Waals surface area (Å²) in [4.78, 5) is 27.0. The Balaban J connectivity index is 1.68. The third-order valence-corrected chi connectivity index (χ3v) is 7.83. The number of hydrogen-bond acceptors (Lipinski definition) is 4. The summed E-state index contributed by atoms with van der Waals surface area (Å²) in [6, 6.07) is 12.0. The van der Waals surface area contributed by atoms with E-state index in [9.17, 15) is 18.0 Å². The molecule has 2 aromatic rings. The zero-order valence-electron chi connectivity index (χ0n) is 18.4. The summed E-state index contributed by atoms with van der Waals surface area (Å²) in [5.41, 5.74) is 3.55. The van der Waals surface area contributed by atoms with Crippen molar-refractivity contribution in [3.05, 3.63) is 53.6 Å². The lowest BCUT2D eigenvalue weighted by molar-refractivity contribution is -0.122. The molecule has 1 unspecified atom stereocenters. The standard InChI is InChI=1S/C23H29N3O4S/c1-5-25(6-2)31(29,30)21-11-8-19(9-12-21)24-23(28)18-14-22(27)26(15-18)20-10-7-16(3)17(4)13-20/h7-13,18H,5-6,14-15H2,1-4H3,(H,24,28). The second-order valence-corrected chi connectivity index (χ2v) is 9.71. The van der Waals surface area contributed by atoms with Gasteiger partial charge in [0.05, 0.1) is 10.8 Å². The quantitative estimate of drug-likeness (QED) is 0.711. The third kappa shape index (κ3) is 4.80. The number of amides is 2. The molecule has 1 aliphatic rings. The van der Waals surface area contributed by atoms with E-state index in [2.05, 4.69) is 5.32 Å². The molecule has 1 N–H and O–H groups in total. The van der Waals surface area contributed by atoms with Gasteiger partial charge in [0.15, 0.2) is 0 Å². The van der Waals surface area contributed by atoms with E-state index in [4.69, 9.17) is 0 Å². The van der Waals surface area contributed by atoms with Crippen molar-refractivity contribution in [3.8, 4) is 0 Å². The number of anilines is 2. The van der Waals surface area contributed by atoms with Crippen LogP contribution < -0.4 is 10.2 Å². The summed E-state index contributed by atoms with van der Waals surface area (Å²) in [7, 11) is -3.54. The number of hydrogen-bond donors (Lipinski definition) is 1. The fourth-order valence-corrected chi connectivity index (χ4v) is 5.15.